The first kappa shape index (κ1) is 15.9. The number of carbonyl (C=O) groups excluding carboxylic acids is 1. The van der Waals surface area contributed by atoms with Gasteiger partial charge in [-0.3, -0.25) is 9.59 Å². The van der Waals surface area contributed by atoms with Gasteiger partial charge in [-0.2, -0.15) is 0 Å². The van der Waals surface area contributed by atoms with Crippen LogP contribution in [0, 0.1) is 0 Å². The number of carboxylic acids is 1. The minimum atomic E-state index is -0.995. The molecule has 1 aromatic carbocycles. The highest BCUT2D eigenvalue weighted by Gasteiger charge is 2.11. The molecule has 0 fully saturated rings. The van der Waals surface area contributed by atoms with Gasteiger partial charge < -0.3 is 15.2 Å². The molecule has 104 valence electrons. The lowest BCUT2D eigenvalue weighted by Crippen LogP contribution is -2.30. The maximum Gasteiger partial charge on any atom is 0.305 e. The van der Waals surface area contributed by atoms with Crippen LogP contribution in [0.2, 0.25) is 15.1 Å². The molecule has 19 heavy (non-hydrogen) atoms. The molecule has 1 rings (SSSR count). The number of amides is 1. The molecule has 0 aliphatic heterocycles. The highest BCUT2D eigenvalue weighted by molar-refractivity contribution is 6.40. The van der Waals surface area contributed by atoms with E-state index < -0.39 is 11.9 Å². The van der Waals surface area contributed by atoms with Crippen LogP contribution in [0.1, 0.15) is 6.42 Å². The van der Waals surface area contributed by atoms with Gasteiger partial charge in [0.25, 0.3) is 5.91 Å². The molecule has 0 saturated carbocycles. The molecular weight excluding hydrogens is 316 g/mol. The van der Waals surface area contributed by atoms with Crippen molar-refractivity contribution in [3.8, 4) is 5.75 Å². The van der Waals surface area contributed by atoms with Crippen molar-refractivity contribution in [2.75, 3.05) is 13.2 Å². The van der Waals surface area contributed by atoms with Crippen LogP contribution in [-0.4, -0.2) is 30.1 Å². The number of carboxylic acid groups (broad SMARTS) is 1. The number of ether oxygens (including phenoxy) is 1. The lowest BCUT2D eigenvalue weighted by molar-refractivity contribution is -0.137. The van der Waals surface area contributed by atoms with Gasteiger partial charge in [0.05, 0.1) is 16.5 Å². The summed E-state index contributed by atoms with van der Waals surface area (Å²) in [6.07, 6.45) is -0.159. The van der Waals surface area contributed by atoms with Crippen LogP contribution in [-0.2, 0) is 9.59 Å². The molecule has 0 heterocycles. The van der Waals surface area contributed by atoms with E-state index in [0.29, 0.717) is 5.02 Å². The van der Waals surface area contributed by atoms with Crippen LogP contribution in [0.4, 0.5) is 0 Å². The van der Waals surface area contributed by atoms with E-state index in [2.05, 4.69) is 5.32 Å². The minimum absolute atomic E-state index is 0.0274. The molecule has 0 radical (unpaired) electrons. The van der Waals surface area contributed by atoms with Gasteiger partial charge in [0.1, 0.15) is 0 Å². The summed E-state index contributed by atoms with van der Waals surface area (Å²) in [5.41, 5.74) is 0. The number of hydrogen-bond donors (Lipinski definition) is 2. The van der Waals surface area contributed by atoms with E-state index in [1.54, 1.807) is 0 Å². The summed E-state index contributed by atoms with van der Waals surface area (Å²) >= 11 is 17.4. The van der Waals surface area contributed by atoms with E-state index in [1.165, 1.54) is 12.1 Å². The van der Waals surface area contributed by atoms with E-state index in [1.807, 2.05) is 0 Å². The second-order valence-electron chi connectivity index (χ2n) is 3.48. The molecule has 5 nitrogen and oxygen atoms in total. The van der Waals surface area contributed by atoms with Crippen LogP contribution < -0.4 is 10.1 Å². The van der Waals surface area contributed by atoms with Gasteiger partial charge in [0, 0.05) is 11.6 Å². The molecule has 2 N–H and O–H groups in total. The first-order chi connectivity index (χ1) is 8.90. The fourth-order valence-electron chi connectivity index (χ4n) is 1.16. The predicted octanol–water partition coefficient (Wildman–Crippen LogP) is 2.62. The van der Waals surface area contributed by atoms with Crippen LogP contribution in [0.15, 0.2) is 12.1 Å². The molecule has 0 unspecified atom stereocenters. The number of nitrogens with one attached hydrogen (secondary N) is 1. The monoisotopic (exact) mass is 325 g/mol. The van der Waals surface area contributed by atoms with Gasteiger partial charge in [-0.1, -0.05) is 34.8 Å². The second kappa shape index (κ2) is 7.43. The fourth-order valence-corrected chi connectivity index (χ4v) is 2.09. The van der Waals surface area contributed by atoms with Gasteiger partial charge in [0.2, 0.25) is 0 Å². The van der Waals surface area contributed by atoms with Crippen LogP contribution in [0.3, 0.4) is 0 Å². The summed E-state index contributed by atoms with van der Waals surface area (Å²) < 4.78 is 5.16. The summed E-state index contributed by atoms with van der Waals surface area (Å²) in [5.74, 6) is -1.31. The highest BCUT2D eigenvalue weighted by Crippen LogP contribution is 2.35. The van der Waals surface area contributed by atoms with Crippen LogP contribution in [0.25, 0.3) is 0 Å². The predicted molar refractivity (Wildman–Crippen MR) is 72.2 cm³/mol. The van der Waals surface area contributed by atoms with Gasteiger partial charge in [-0.05, 0) is 12.1 Å². The van der Waals surface area contributed by atoms with E-state index in [0.717, 1.165) is 0 Å². The summed E-state index contributed by atoms with van der Waals surface area (Å²) in [5, 5.41) is 11.5. The molecular formula is C11H10Cl3NO4. The molecule has 0 saturated heterocycles. The van der Waals surface area contributed by atoms with Crippen molar-refractivity contribution < 1.29 is 19.4 Å². The SMILES string of the molecule is O=C(O)CCNC(=O)COc1c(Cl)cc(Cl)cc1Cl. The summed E-state index contributed by atoms with van der Waals surface area (Å²) in [6.45, 7) is -0.291. The average Bonchev–Trinajstić information content (AvgIpc) is 2.26. The minimum Gasteiger partial charge on any atom is -0.481 e. The fraction of sp³-hybridized carbons (Fsp3) is 0.273. The quantitative estimate of drug-likeness (QED) is 0.842. The zero-order chi connectivity index (χ0) is 14.4. The third-order valence-corrected chi connectivity index (χ3v) is 2.75. The van der Waals surface area contributed by atoms with Gasteiger partial charge in [0.15, 0.2) is 12.4 Å². The Hall–Kier alpha value is -1.17. The van der Waals surface area contributed by atoms with Gasteiger partial charge >= 0.3 is 5.97 Å². The Morgan fingerprint density at radius 2 is 1.79 bits per heavy atom. The molecule has 0 atom stereocenters. The number of rotatable bonds is 6. The van der Waals surface area contributed by atoms with Crippen molar-refractivity contribution in [2.24, 2.45) is 0 Å². The largest absolute Gasteiger partial charge is 0.481 e. The summed E-state index contributed by atoms with van der Waals surface area (Å²) in [6, 6.07) is 2.87. The standard InChI is InChI=1S/C11H10Cl3NO4/c12-6-3-7(13)11(8(14)4-6)19-5-9(16)15-2-1-10(17)18/h3-4H,1-2,5H2,(H,15,16)(H,17,18). The van der Waals surface area contributed by atoms with E-state index >= 15 is 0 Å². The number of benzene rings is 1. The first-order valence-corrected chi connectivity index (χ1v) is 6.29. The van der Waals surface area contributed by atoms with Crippen LogP contribution in [0.5, 0.6) is 5.75 Å². The average molecular weight is 327 g/mol. The zero-order valence-electron chi connectivity index (χ0n) is 9.58. The van der Waals surface area contributed by atoms with Crippen LogP contribution >= 0.6 is 34.8 Å². The normalized spacial score (nSPS) is 10.1. The molecule has 0 aliphatic rings. The molecule has 0 aromatic heterocycles. The molecule has 1 aromatic rings. The number of halogens is 3. The molecule has 0 aliphatic carbocycles. The van der Waals surface area contributed by atoms with E-state index in [9.17, 15) is 9.59 Å². The summed E-state index contributed by atoms with van der Waals surface area (Å²) in [4.78, 5) is 21.6. The Labute approximate surface area is 124 Å². The smallest absolute Gasteiger partial charge is 0.305 e. The van der Waals surface area contributed by atoms with Gasteiger partial charge in [-0.25, -0.2) is 0 Å². The zero-order valence-corrected chi connectivity index (χ0v) is 11.8. The third-order valence-electron chi connectivity index (χ3n) is 1.97. The molecule has 8 heteroatoms. The van der Waals surface area contributed by atoms with Crippen molar-refractivity contribution in [3.63, 3.8) is 0 Å². The molecule has 1 amide bonds. The van der Waals surface area contributed by atoms with Crippen molar-refractivity contribution >= 4 is 46.7 Å². The van der Waals surface area contributed by atoms with Crippen molar-refractivity contribution in [2.45, 2.75) is 6.42 Å². The van der Waals surface area contributed by atoms with E-state index in [4.69, 9.17) is 44.6 Å². The maximum absolute atomic E-state index is 11.3. The van der Waals surface area contributed by atoms with Gasteiger partial charge in [-0.15, -0.1) is 0 Å². The number of hydrogen-bond acceptors (Lipinski definition) is 3. The first-order valence-electron chi connectivity index (χ1n) is 5.16. The Morgan fingerprint density at radius 1 is 1.21 bits per heavy atom. The van der Waals surface area contributed by atoms with Crippen molar-refractivity contribution in [1.82, 2.24) is 5.32 Å². The van der Waals surface area contributed by atoms with Crippen molar-refractivity contribution in [3.05, 3.63) is 27.2 Å². The van der Waals surface area contributed by atoms with Crippen molar-refractivity contribution in [1.29, 1.82) is 0 Å². The Bertz CT molecular complexity index is 470. The maximum atomic E-state index is 11.3. The number of aliphatic carboxylic acids is 1. The Morgan fingerprint density at radius 3 is 2.32 bits per heavy atom. The number of carbonyl (C=O) groups is 2. The Kier molecular flexibility index (Phi) is 6.21. The highest BCUT2D eigenvalue weighted by atomic mass is 35.5. The lowest BCUT2D eigenvalue weighted by Gasteiger charge is -2.10. The lowest BCUT2D eigenvalue weighted by atomic mass is 10.3. The van der Waals surface area contributed by atoms with E-state index in [-0.39, 0.29) is 35.4 Å². The molecule has 0 spiro atoms. The molecule has 0 bridgehead atoms. The Balaban J connectivity index is 2.48. The second-order valence-corrected chi connectivity index (χ2v) is 4.73. The third kappa shape index (κ3) is 5.55. The summed E-state index contributed by atoms with van der Waals surface area (Å²) in [7, 11) is 0. The topological polar surface area (TPSA) is 75.6 Å².